The minimum Gasteiger partial charge on any atom is -0.459 e. The summed E-state index contributed by atoms with van der Waals surface area (Å²) >= 11 is 0. The molecule has 0 fully saturated rings. The topological polar surface area (TPSA) is 59.6 Å². The number of aryl methyl sites for hydroxylation is 1. The zero-order valence-corrected chi connectivity index (χ0v) is 9.97. The summed E-state index contributed by atoms with van der Waals surface area (Å²) in [6.45, 7) is 7.46. The van der Waals surface area contributed by atoms with Crippen molar-refractivity contribution in [1.82, 2.24) is 0 Å². The van der Waals surface area contributed by atoms with Gasteiger partial charge < -0.3 is 4.42 Å². The van der Waals surface area contributed by atoms with E-state index < -0.39 is 10.0 Å². The van der Waals surface area contributed by atoms with E-state index in [-0.39, 0.29) is 10.3 Å². The van der Waals surface area contributed by atoms with Gasteiger partial charge in [-0.05, 0) is 6.92 Å². The molecule has 2 rings (SSSR count). The smallest absolute Gasteiger partial charge is 0.286 e. The van der Waals surface area contributed by atoms with Crippen molar-refractivity contribution >= 4 is 15.7 Å². The summed E-state index contributed by atoms with van der Waals surface area (Å²) in [6.07, 6.45) is 0. The van der Waals surface area contributed by atoms with Crippen LogP contribution in [0.3, 0.4) is 0 Å². The second-order valence-corrected chi connectivity index (χ2v) is 6.29. The molecule has 0 atom stereocenters. The van der Waals surface area contributed by atoms with Crippen molar-refractivity contribution in [3.05, 3.63) is 17.6 Å². The molecule has 1 aromatic rings. The Morgan fingerprint density at radius 3 is 2.47 bits per heavy atom. The van der Waals surface area contributed by atoms with Crippen LogP contribution in [-0.2, 0) is 10.0 Å². The Hall–Kier alpha value is -1.10. The molecule has 0 saturated carbocycles. The van der Waals surface area contributed by atoms with Crippen molar-refractivity contribution in [3.63, 3.8) is 0 Å². The highest BCUT2D eigenvalue weighted by molar-refractivity contribution is 7.90. The zero-order valence-electron chi connectivity index (χ0n) is 9.16. The summed E-state index contributed by atoms with van der Waals surface area (Å²) in [5.41, 5.74) is 0.174. The number of hydrogen-bond donors (Lipinski definition) is 0. The molecule has 0 spiro atoms. The van der Waals surface area contributed by atoms with Crippen LogP contribution in [0.1, 0.15) is 32.3 Å². The lowest BCUT2D eigenvalue weighted by molar-refractivity contribution is 0.500. The van der Waals surface area contributed by atoms with Crippen molar-refractivity contribution in [3.8, 4) is 0 Å². The van der Waals surface area contributed by atoms with Crippen LogP contribution >= 0.6 is 0 Å². The molecule has 1 aromatic heterocycles. The van der Waals surface area contributed by atoms with Gasteiger partial charge in [-0.15, -0.1) is 0 Å². The molecule has 1 aliphatic heterocycles. The van der Waals surface area contributed by atoms with Crippen molar-refractivity contribution < 1.29 is 12.8 Å². The summed E-state index contributed by atoms with van der Waals surface area (Å²) in [6, 6.07) is 1.52. The maximum absolute atomic E-state index is 11.7. The van der Waals surface area contributed by atoms with Gasteiger partial charge in [0.15, 0.2) is 5.76 Å². The maximum Gasteiger partial charge on any atom is 0.286 e. The summed E-state index contributed by atoms with van der Waals surface area (Å²) < 4.78 is 32.5. The number of furan rings is 1. The zero-order chi connectivity index (χ0) is 11.4. The Morgan fingerprint density at radius 1 is 1.33 bits per heavy atom. The van der Waals surface area contributed by atoms with Gasteiger partial charge in [0, 0.05) is 11.5 Å². The molecule has 4 nitrogen and oxygen atoms in total. The molecule has 15 heavy (non-hydrogen) atoms. The summed E-state index contributed by atoms with van der Waals surface area (Å²) in [7, 11) is -3.52. The normalized spacial score (nSPS) is 18.8. The largest absolute Gasteiger partial charge is 0.459 e. The van der Waals surface area contributed by atoms with E-state index in [1.165, 1.54) is 6.07 Å². The third-order valence-electron chi connectivity index (χ3n) is 2.24. The maximum atomic E-state index is 11.7. The molecule has 2 heterocycles. The number of hydrogen-bond acceptors (Lipinski definition) is 3. The van der Waals surface area contributed by atoms with E-state index in [9.17, 15) is 8.42 Å². The monoisotopic (exact) mass is 227 g/mol. The summed E-state index contributed by atoms with van der Waals surface area (Å²) in [4.78, 5) is 0.199. The van der Waals surface area contributed by atoms with E-state index in [1.807, 2.05) is 20.8 Å². The van der Waals surface area contributed by atoms with Crippen molar-refractivity contribution in [2.24, 2.45) is 9.81 Å². The van der Waals surface area contributed by atoms with E-state index >= 15 is 0 Å². The predicted octanol–water partition coefficient (Wildman–Crippen LogP) is 2.13. The van der Waals surface area contributed by atoms with Gasteiger partial charge >= 0.3 is 0 Å². The molecule has 1 aliphatic rings. The number of nitrogens with zero attached hydrogens (tertiary/aromatic N) is 1. The predicted molar refractivity (Wildman–Crippen MR) is 56.6 cm³/mol. The lowest BCUT2D eigenvalue weighted by atomic mass is 9.89. The molecule has 0 aromatic carbocycles. The number of sulfonamides is 1. The lowest BCUT2D eigenvalue weighted by Crippen LogP contribution is -2.19. The highest BCUT2D eigenvalue weighted by atomic mass is 32.2. The molecule has 82 valence electrons. The molecule has 5 heteroatoms. The van der Waals surface area contributed by atoms with E-state index in [0.29, 0.717) is 17.2 Å². The molecule has 0 amide bonds. The minimum absolute atomic E-state index is 0.199. The second kappa shape index (κ2) is 2.72. The Bertz CT molecular complexity index is 544. The van der Waals surface area contributed by atoms with Crippen LogP contribution in [0.15, 0.2) is 19.8 Å². The Morgan fingerprint density at radius 2 is 1.93 bits per heavy atom. The fraction of sp³-hybridized carbons (Fsp3) is 0.500. The van der Waals surface area contributed by atoms with Crippen LogP contribution in [-0.4, -0.2) is 14.1 Å². The van der Waals surface area contributed by atoms with Crippen molar-refractivity contribution in [2.75, 3.05) is 0 Å². The van der Waals surface area contributed by atoms with Gasteiger partial charge in [-0.2, -0.15) is 12.8 Å². The van der Waals surface area contributed by atoms with Gasteiger partial charge in [0.25, 0.3) is 10.0 Å². The Kier molecular flexibility index (Phi) is 1.89. The molecule has 0 aliphatic carbocycles. The fourth-order valence-corrected chi connectivity index (χ4v) is 2.92. The van der Waals surface area contributed by atoms with Gasteiger partial charge in [0.1, 0.15) is 16.4 Å². The highest BCUT2D eigenvalue weighted by Gasteiger charge is 2.38. The summed E-state index contributed by atoms with van der Waals surface area (Å²) in [5.74, 6) is 1.00. The summed E-state index contributed by atoms with van der Waals surface area (Å²) in [5, 5.41) is 0. The molecule has 0 radical (unpaired) electrons. The van der Waals surface area contributed by atoms with Crippen LogP contribution in [0, 0.1) is 12.3 Å². The van der Waals surface area contributed by atoms with Gasteiger partial charge in [-0.25, -0.2) is 0 Å². The molecular weight excluding hydrogens is 214 g/mol. The molecular formula is C10H13NO3S. The van der Waals surface area contributed by atoms with Crippen LogP contribution in [0.2, 0.25) is 0 Å². The number of rotatable bonds is 0. The lowest BCUT2D eigenvalue weighted by Gasteiger charge is -2.16. The molecule has 0 bridgehead atoms. The van der Waals surface area contributed by atoms with Gasteiger partial charge in [0.05, 0.1) is 0 Å². The third kappa shape index (κ3) is 1.51. The van der Waals surface area contributed by atoms with Crippen LogP contribution in [0.4, 0.5) is 0 Å². The van der Waals surface area contributed by atoms with Crippen molar-refractivity contribution in [2.45, 2.75) is 32.6 Å². The minimum atomic E-state index is -3.52. The third-order valence-corrected chi connectivity index (χ3v) is 3.52. The first-order chi connectivity index (χ1) is 6.72. The van der Waals surface area contributed by atoms with Crippen LogP contribution in [0.25, 0.3) is 0 Å². The van der Waals surface area contributed by atoms with E-state index in [0.717, 1.165) is 0 Å². The fourth-order valence-electron chi connectivity index (χ4n) is 1.54. The molecule has 0 N–H and O–H groups in total. The average Bonchev–Trinajstić information content (AvgIpc) is 2.49. The number of fused-ring (bicyclic) bond motifs is 1. The van der Waals surface area contributed by atoms with Gasteiger partial charge in [0.2, 0.25) is 0 Å². The highest BCUT2D eigenvalue weighted by Crippen LogP contribution is 2.35. The Labute approximate surface area is 89.1 Å². The average molecular weight is 227 g/mol. The Balaban J connectivity index is 2.74. The molecule has 0 unspecified atom stereocenters. The molecule has 0 saturated heterocycles. The van der Waals surface area contributed by atoms with E-state index in [1.54, 1.807) is 6.92 Å². The second-order valence-electron chi connectivity index (χ2n) is 4.72. The SMILES string of the molecule is Cc1cc2c(o1)C(C(C)(C)C)=NS2(=O)=O. The van der Waals surface area contributed by atoms with Crippen LogP contribution in [0.5, 0.6) is 0 Å². The first-order valence-corrected chi connectivity index (χ1v) is 6.12. The standard InChI is InChI=1S/C10H13NO3S/c1-6-5-7-8(14-6)9(10(2,3)4)11-15(7,12)13/h5H,1-4H3. The van der Waals surface area contributed by atoms with Gasteiger partial charge in [-0.3, -0.25) is 0 Å². The van der Waals surface area contributed by atoms with Crippen molar-refractivity contribution in [1.29, 1.82) is 0 Å². The van der Waals surface area contributed by atoms with E-state index in [4.69, 9.17) is 4.42 Å². The van der Waals surface area contributed by atoms with Crippen LogP contribution < -0.4 is 0 Å². The van der Waals surface area contributed by atoms with E-state index in [2.05, 4.69) is 4.40 Å². The first-order valence-electron chi connectivity index (χ1n) is 4.68. The van der Waals surface area contributed by atoms with Gasteiger partial charge in [-0.1, -0.05) is 20.8 Å². The first kappa shape index (κ1) is 10.4. The quantitative estimate of drug-likeness (QED) is 0.682.